The highest BCUT2D eigenvalue weighted by Crippen LogP contribution is 2.38. The van der Waals surface area contributed by atoms with Crippen LogP contribution in [0.3, 0.4) is 0 Å². The van der Waals surface area contributed by atoms with Crippen LogP contribution in [0.4, 0.5) is 0 Å². The van der Waals surface area contributed by atoms with Gasteiger partial charge in [-0.2, -0.15) is 0 Å². The molecule has 3 heteroatoms. The lowest BCUT2D eigenvalue weighted by molar-refractivity contribution is -0.172. The molecule has 2 aromatic carbocycles. The molecule has 1 heterocycles. The highest BCUT2D eigenvalue weighted by Gasteiger charge is 2.42. The van der Waals surface area contributed by atoms with Crippen LogP contribution in [0.15, 0.2) is 60.7 Å². The van der Waals surface area contributed by atoms with Gasteiger partial charge in [0.2, 0.25) is 0 Å². The predicted octanol–water partition coefficient (Wildman–Crippen LogP) is 3.42. The summed E-state index contributed by atoms with van der Waals surface area (Å²) in [5, 5.41) is 0. The number of ether oxygens (including phenoxy) is 1. The summed E-state index contributed by atoms with van der Waals surface area (Å²) < 4.78 is 5.69. The van der Waals surface area contributed by atoms with E-state index in [1.54, 1.807) is 0 Å². The van der Waals surface area contributed by atoms with Crippen molar-refractivity contribution in [1.29, 1.82) is 0 Å². The van der Waals surface area contributed by atoms with Gasteiger partial charge >= 0.3 is 5.97 Å². The molecule has 0 spiro atoms. The number of carbonyl (C=O) groups excluding carboxylic acids is 2. The first kappa shape index (κ1) is 14.5. The first-order valence-corrected chi connectivity index (χ1v) is 7.51. The molecule has 0 saturated carbocycles. The van der Waals surface area contributed by atoms with E-state index in [0.29, 0.717) is 6.42 Å². The van der Waals surface area contributed by atoms with Gasteiger partial charge in [0.15, 0.2) is 0 Å². The van der Waals surface area contributed by atoms with Crippen molar-refractivity contribution in [1.82, 2.24) is 0 Å². The molecular formula is C19H18O3. The Labute approximate surface area is 129 Å². The van der Waals surface area contributed by atoms with E-state index in [1.807, 2.05) is 60.7 Å². The molecule has 2 aromatic rings. The second-order valence-corrected chi connectivity index (χ2v) is 5.71. The first-order chi connectivity index (χ1) is 10.7. The average molecular weight is 294 g/mol. The molecule has 1 aliphatic heterocycles. The minimum Gasteiger partial charge on any atom is -0.453 e. The molecule has 3 nitrogen and oxygen atoms in total. The smallest absolute Gasteiger partial charge is 0.314 e. The minimum absolute atomic E-state index is 0.0480. The molecule has 0 aliphatic carbocycles. The number of rotatable bonds is 4. The normalized spacial score (nSPS) is 21.5. The third-order valence-electron chi connectivity index (χ3n) is 4.09. The fourth-order valence-electron chi connectivity index (χ4n) is 3.01. The van der Waals surface area contributed by atoms with Crippen molar-refractivity contribution < 1.29 is 14.3 Å². The lowest BCUT2D eigenvalue weighted by Gasteiger charge is -2.36. The molecule has 0 aromatic heterocycles. The largest absolute Gasteiger partial charge is 0.453 e. The first-order valence-electron chi connectivity index (χ1n) is 7.51. The van der Waals surface area contributed by atoms with Crippen LogP contribution < -0.4 is 0 Å². The number of cyclic esters (lactones) is 1. The Balaban J connectivity index is 1.89. The zero-order chi connectivity index (χ0) is 15.4. The van der Waals surface area contributed by atoms with Crippen LogP contribution >= 0.6 is 0 Å². The van der Waals surface area contributed by atoms with Gasteiger partial charge in [-0.1, -0.05) is 60.7 Å². The van der Waals surface area contributed by atoms with E-state index in [9.17, 15) is 9.59 Å². The van der Waals surface area contributed by atoms with Gasteiger partial charge in [0, 0.05) is 0 Å². The van der Waals surface area contributed by atoms with Crippen LogP contribution in [0.2, 0.25) is 0 Å². The van der Waals surface area contributed by atoms with Crippen molar-refractivity contribution in [2.45, 2.75) is 31.3 Å². The van der Waals surface area contributed by atoms with E-state index in [4.69, 9.17) is 4.74 Å². The fraction of sp³-hybridized carbons (Fsp3) is 0.263. The number of Topliss-reactive ketones (excluding diaryl/α,β-unsaturated/α-hetero) is 1. The van der Waals surface area contributed by atoms with Crippen LogP contribution in [0.5, 0.6) is 0 Å². The topological polar surface area (TPSA) is 43.4 Å². The SMILES string of the molecule is O=C1CC(=O)OC(CCc2ccccc2)(c2ccccc2)C1. The third kappa shape index (κ3) is 3.08. The highest BCUT2D eigenvalue weighted by atomic mass is 16.6. The van der Waals surface area contributed by atoms with E-state index in [2.05, 4.69) is 0 Å². The number of hydrogen-bond acceptors (Lipinski definition) is 3. The molecule has 1 atom stereocenters. The van der Waals surface area contributed by atoms with Gasteiger partial charge in [-0.3, -0.25) is 9.59 Å². The lowest BCUT2D eigenvalue weighted by Crippen LogP contribution is -2.40. The maximum atomic E-state index is 12.0. The number of carbonyl (C=O) groups is 2. The molecule has 1 aliphatic rings. The molecule has 112 valence electrons. The van der Waals surface area contributed by atoms with Crippen LogP contribution in [-0.2, 0) is 26.3 Å². The molecular weight excluding hydrogens is 276 g/mol. The Bertz CT molecular complexity index is 646. The van der Waals surface area contributed by atoms with Gasteiger partial charge < -0.3 is 4.74 Å². The fourth-order valence-corrected chi connectivity index (χ4v) is 3.01. The summed E-state index contributed by atoms with van der Waals surface area (Å²) in [6.07, 6.45) is 1.52. The maximum absolute atomic E-state index is 12.0. The monoisotopic (exact) mass is 294 g/mol. The molecule has 1 fully saturated rings. The number of benzene rings is 2. The van der Waals surface area contributed by atoms with Crippen LogP contribution in [0, 0.1) is 0 Å². The van der Waals surface area contributed by atoms with Crippen LogP contribution in [0.25, 0.3) is 0 Å². The van der Waals surface area contributed by atoms with E-state index < -0.39 is 11.6 Å². The van der Waals surface area contributed by atoms with Crippen molar-refractivity contribution in [3.05, 3.63) is 71.8 Å². The summed E-state index contributed by atoms with van der Waals surface area (Å²) in [6, 6.07) is 19.6. The summed E-state index contributed by atoms with van der Waals surface area (Å²) in [5.41, 5.74) is 1.24. The molecule has 0 radical (unpaired) electrons. The number of ketones is 1. The van der Waals surface area contributed by atoms with E-state index >= 15 is 0 Å². The van der Waals surface area contributed by atoms with Gasteiger partial charge in [-0.15, -0.1) is 0 Å². The van der Waals surface area contributed by atoms with Crippen LogP contribution in [-0.4, -0.2) is 11.8 Å². The molecule has 1 saturated heterocycles. The van der Waals surface area contributed by atoms with Crippen LogP contribution in [0.1, 0.15) is 30.4 Å². The van der Waals surface area contributed by atoms with E-state index in [-0.39, 0.29) is 18.6 Å². The molecule has 0 N–H and O–H groups in total. The standard InChI is InChI=1S/C19H18O3/c20-17-13-18(21)22-19(14-17,16-9-5-2-6-10-16)12-11-15-7-3-1-4-8-15/h1-10H,11-14H2. The van der Waals surface area contributed by atoms with Gasteiger partial charge in [0.1, 0.15) is 17.8 Å². The van der Waals surface area contributed by atoms with Gasteiger partial charge in [-0.05, 0) is 24.0 Å². The van der Waals surface area contributed by atoms with Gasteiger partial charge in [0.25, 0.3) is 0 Å². The molecule has 0 bridgehead atoms. The minimum atomic E-state index is -0.830. The van der Waals surface area contributed by atoms with Crippen molar-refractivity contribution in [3.8, 4) is 0 Å². The summed E-state index contributed by atoms with van der Waals surface area (Å²) in [7, 11) is 0. The second kappa shape index (κ2) is 6.14. The van der Waals surface area contributed by atoms with Crippen molar-refractivity contribution in [3.63, 3.8) is 0 Å². The summed E-state index contributed by atoms with van der Waals surface area (Å²) in [4.78, 5) is 23.8. The summed E-state index contributed by atoms with van der Waals surface area (Å²) in [6.45, 7) is 0. The molecule has 0 amide bonds. The van der Waals surface area contributed by atoms with Gasteiger partial charge in [0.05, 0.1) is 6.42 Å². The maximum Gasteiger partial charge on any atom is 0.314 e. The van der Waals surface area contributed by atoms with Crippen molar-refractivity contribution >= 4 is 11.8 Å². The predicted molar refractivity (Wildman–Crippen MR) is 83.2 cm³/mol. The Hall–Kier alpha value is -2.42. The average Bonchev–Trinajstić information content (AvgIpc) is 2.54. The van der Waals surface area contributed by atoms with Gasteiger partial charge in [-0.25, -0.2) is 0 Å². The third-order valence-corrected chi connectivity index (χ3v) is 4.09. The number of esters is 1. The quantitative estimate of drug-likeness (QED) is 0.641. The Morgan fingerprint density at radius 2 is 1.55 bits per heavy atom. The Kier molecular flexibility index (Phi) is 4.05. The zero-order valence-corrected chi connectivity index (χ0v) is 12.3. The zero-order valence-electron chi connectivity index (χ0n) is 12.3. The Morgan fingerprint density at radius 1 is 0.909 bits per heavy atom. The molecule has 22 heavy (non-hydrogen) atoms. The number of aryl methyl sites for hydroxylation is 1. The highest BCUT2D eigenvalue weighted by molar-refractivity contribution is 5.98. The van der Waals surface area contributed by atoms with E-state index in [0.717, 1.165) is 12.0 Å². The molecule has 3 rings (SSSR count). The summed E-state index contributed by atoms with van der Waals surface area (Å²) in [5.74, 6) is -0.471. The second-order valence-electron chi connectivity index (χ2n) is 5.71. The van der Waals surface area contributed by atoms with Crippen molar-refractivity contribution in [2.75, 3.05) is 0 Å². The van der Waals surface area contributed by atoms with E-state index in [1.165, 1.54) is 5.56 Å². The molecule has 1 unspecified atom stereocenters. The summed E-state index contributed by atoms with van der Waals surface area (Å²) >= 11 is 0. The lowest BCUT2D eigenvalue weighted by atomic mass is 9.81. The van der Waals surface area contributed by atoms with Crippen molar-refractivity contribution in [2.24, 2.45) is 0 Å². The number of hydrogen-bond donors (Lipinski definition) is 0. The Morgan fingerprint density at radius 3 is 2.18 bits per heavy atom.